The minimum Gasteiger partial charge on any atom is -0.396 e. The lowest BCUT2D eigenvalue weighted by Gasteiger charge is -2.26. The normalized spacial score (nSPS) is 14.5. The first-order valence-electron chi connectivity index (χ1n) is 7.30. The van der Waals surface area contributed by atoms with Crippen molar-refractivity contribution in [2.75, 3.05) is 6.61 Å². The summed E-state index contributed by atoms with van der Waals surface area (Å²) in [6.45, 7) is 15.9. The van der Waals surface area contributed by atoms with Crippen molar-refractivity contribution >= 4 is 0 Å². The van der Waals surface area contributed by atoms with E-state index in [0.29, 0.717) is 5.92 Å². The van der Waals surface area contributed by atoms with Crippen molar-refractivity contribution in [1.29, 1.82) is 0 Å². The maximum atomic E-state index is 9.25. The maximum absolute atomic E-state index is 9.25. The van der Waals surface area contributed by atoms with Gasteiger partial charge in [-0.05, 0) is 39.9 Å². The van der Waals surface area contributed by atoms with Crippen LogP contribution in [0.3, 0.4) is 0 Å². The molecule has 1 nitrogen and oxygen atoms in total. The van der Waals surface area contributed by atoms with Crippen molar-refractivity contribution in [3.8, 4) is 0 Å². The van der Waals surface area contributed by atoms with Gasteiger partial charge in [0, 0.05) is 6.61 Å². The third-order valence-electron chi connectivity index (χ3n) is 3.62. The van der Waals surface area contributed by atoms with Gasteiger partial charge in [0.1, 0.15) is 0 Å². The minimum atomic E-state index is 0.165. The van der Waals surface area contributed by atoms with Gasteiger partial charge in [0.15, 0.2) is 0 Å². The standard InChI is InChI=1S/C18H30O/c1-13(12-19)8-14-9-15(17(2,3)4)11-16(10-14)18(5,6)7/h9-11,13,19H,8,12H2,1-7H3. The van der Waals surface area contributed by atoms with Gasteiger partial charge >= 0.3 is 0 Å². The van der Waals surface area contributed by atoms with Crippen LogP contribution in [0, 0.1) is 5.92 Å². The molecule has 108 valence electrons. The molecule has 0 saturated heterocycles. The molecule has 1 unspecified atom stereocenters. The van der Waals surface area contributed by atoms with Crippen molar-refractivity contribution in [2.24, 2.45) is 5.92 Å². The molecule has 1 heteroatoms. The van der Waals surface area contributed by atoms with Gasteiger partial charge < -0.3 is 5.11 Å². The molecule has 19 heavy (non-hydrogen) atoms. The third kappa shape index (κ3) is 4.65. The fourth-order valence-electron chi connectivity index (χ4n) is 2.14. The van der Waals surface area contributed by atoms with Gasteiger partial charge in [0.05, 0.1) is 0 Å². The molecule has 1 N–H and O–H groups in total. The molecule has 0 aliphatic rings. The van der Waals surface area contributed by atoms with E-state index < -0.39 is 0 Å². The average molecular weight is 262 g/mol. The number of hydrogen-bond acceptors (Lipinski definition) is 1. The van der Waals surface area contributed by atoms with Crippen molar-refractivity contribution < 1.29 is 5.11 Å². The van der Waals surface area contributed by atoms with E-state index in [1.54, 1.807) is 0 Å². The molecule has 0 radical (unpaired) electrons. The van der Waals surface area contributed by atoms with Gasteiger partial charge in [-0.1, -0.05) is 66.7 Å². The van der Waals surface area contributed by atoms with Gasteiger partial charge in [-0.3, -0.25) is 0 Å². The van der Waals surface area contributed by atoms with Gasteiger partial charge in [-0.15, -0.1) is 0 Å². The molecule has 0 aromatic heterocycles. The molecular formula is C18H30O. The van der Waals surface area contributed by atoms with Crippen LogP contribution in [0.5, 0.6) is 0 Å². The molecule has 0 spiro atoms. The van der Waals surface area contributed by atoms with Crippen LogP contribution in [0.25, 0.3) is 0 Å². The predicted octanol–water partition coefficient (Wildman–Crippen LogP) is 4.45. The van der Waals surface area contributed by atoms with Gasteiger partial charge in [0.25, 0.3) is 0 Å². The molecule has 1 rings (SSSR count). The molecule has 0 saturated carbocycles. The largest absolute Gasteiger partial charge is 0.396 e. The van der Waals surface area contributed by atoms with Crippen LogP contribution < -0.4 is 0 Å². The van der Waals surface area contributed by atoms with E-state index in [-0.39, 0.29) is 17.4 Å². The second kappa shape index (κ2) is 5.66. The molecule has 0 fully saturated rings. The molecule has 0 aliphatic carbocycles. The summed E-state index contributed by atoms with van der Waals surface area (Å²) in [5.74, 6) is 0.322. The quantitative estimate of drug-likeness (QED) is 0.853. The molecule has 1 aromatic carbocycles. The number of rotatable bonds is 3. The Morgan fingerprint density at radius 3 is 1.63 bits per heavy atom. The van der Waals surface area contributed by atoms with Gasteiger partial charge in [-0.25, -0.2) is 0 Å². The molecule has 0 amide bonds. The van der Waals surface area contributed by atoms with E-state index in [1.165, 1.54) is 16.7 Å². The lowest BCUT2D eigenvalue weighted by atomic mass is 9.79. The van der Waals surface area contributed by atoms with E-state index in [2.05, 4.69) is 66.7 Å². The van der Waals surface area contributed by atoms with Crippen molar-refractivity contribution in [1.82, 2.24) is 0 Å². The van der Waals surface area contributed by atoms with E-state index in [0.717, 1.165) is 6.42 Å². The Morgan fingerprint density at radius 2 is 1.32 bits per heavy atom. The van der Waals surface area contributed by atoms with Gasteiger partial charge in [0.2, 0.25) is 0 Å². The molecule has 0 bridgehead atoms. The highest BCUT2D eigenvalue weighted by atomic mass is 16.3. The topological polar surface area (TPSA) is 20.2 Å². The Morgan fingerprint density at radius 1 is 0.895 bits per heavy atom. The lowest BCUT2D eigenvalue weighted by Crippen LogP contribution is -2.17. The summed E-state index contributed by atoms with van der Waals surface area (Å²) >= 11 is 0. The first-order chi connectivity index (χ1) is 8.54. The molecule has 0 heterocycles. The van der Waals surface area contributed by atoms with E-state index in [1.807, 2.05) is 0 Å². The van der Waals surface area contributed by atoms with Crippen LogP contribution >= 0.6 is 0 Å². The van der Waals surface area contributed by atoms with Crippen LogP contribution in [-0.4, -0.2) is 11.7 Å². The third-order valence-corrected chi connectivity index (χ3v) is 3.62. The fraction of sp³-hybridized carbons (Fsp3) is 0.667. The Balaban J connectivity index is 3.25. The molecule has 1 atom stereocenters. The summed E-state index contributed by atoms with van der Waals surface area (Å²) in [4.78, 5) is 0. The Bertz CT molecular complexity index is 386. The van der Waals surface area contributed by atoms with Crippen molar-refractivity contribution in [3.05, 3.63) is 34.9 Å². The summed E-state index contributed by atoms with van der Waals surface area (Å²) < 4.78 is 0. The van der Waals surface area contributed by atoms with Crippen molar-refractivity contribution in [2.45, 2.75) is 65.7 Å². The first kappa shape index (κ1) is 16.2. The zero-order valence-corrected chi connectivity index (χ0v) is 13.7. The summed E-state index contributed by atoms with van der Waals surface area (Å²) in [6.07, 6.45) is 0.948. The van der Waals surface area contributed by atoms with E-state index >= 15 is 0 Å². The summed E-state index contributed by atoms with van der Waals surface area (Å²) in [7, 11) is 0. The first-order valence-corrected chi connectivity index (χ1v) is 7.30. The Hall–Kier alpha value is -0.820. The lowest BCUT2D eigenvalue weighted by molar-refractivity contribution is 0.237. The number of aliphatic hydroxyl groups is 1. The summed E-state index contributed by atoms with van der Waals surface area (Å²) in [5, 5.41) is 9.25. The van der Waals surface area contributed by atoms with Crippen LogP contribution in [0.2, 0.25) is 0 Å². The number of aliphatic hydroxyl groups excluding tert-OH is 1. The number of hydrogen-bond donors (Lipinski definition) is 1. The summed E-state index contributed by atoms with van der Waals surface area (Å²) in [6, 6.07) is 6.95. The minimum absolute atomic E-state index is 0.165. The SMILES string of the molecule is CC(CO)Cc1cc(C(C)(C)C)cc(C(C)(C)C)c1. The monoisotopic (exact) mass is 262 g/mol. The number of benzene rings is 1. The molecular weight excluding hydrogens is 232 g/mol. The average Bonchev–Trinajstić information content (AvgIpc) is 2.26. The zero-order valence-electron chi connectivity index (χ0n) is 13.7. The van der Waals surface area contributed by atoms with Gasteiger partial charge in [-0.2, -0.15) is 0 Å². The van der Waals surface area contributed by atoms with Crippen LogP contribution in [0.1, 0.15) is 65.2 Å². The second-order valence-corrected chi connectivity index (χ2v) is 7.91. The van der Waals surface area contributed by atoms with Crippen LogP contribution in [0.15, 0.2) is 18.2 Å². The van der Waals surface area contributed by atoms with Crippen molar-refractivity contribution in [3.63, 3.8) is 0 Å². The fourth-order valence-corrected chi connectivity index (χ4v) is 2.14. The molecule has 0 aliphatic heterocycles. The van der Waals surface area contributed by atoms with E-state index in [9.17, 15) is 5.11 Å². The highest BCUT2D eigenvalue weighted by molar-refractivity contribution is 5.37. The maximum Gasteiger partial charge on any atom is 0.0459 e. The summed E-state index contributed by atoms with van der Waals surface area (Å²) in [5.41, 5.74) is 4.45. The Labute approximate surface area is 119 Å². The predicted molar refractivity (Wildman–Crippen MR) is 83.8 cm³/mol. The second-order valence-electron chi connectivity index (χ2n) is 7.91. The highest BCUT2D eigenvalue weighted by Crippen LogP contribution is 2.30. The smallest absolute Gasteiger partial charge is 0.0459 e. The highest BCUT2D eigenvalue weighted by Gasteiger charge is 2.20. The van der Waals surface area contributed by atoms with Crippen LogP contribution in [0.4, 0.5) is 0 Å². The molecule has 1 aromatic rings. The zero-order chi connectivity index (χ0) is 14.8. The van der Waals surface area contributed by atoms with Crippen LogP contribution in [-0.2, 0) is 17.3 Å². The van der Waals surface area contributed by atoms with E-state index in [4.69, 9.17) is 0 Å². The Kier molecular flexibility index (Phi) is 4.84.